The van der Waals surface area contributed by atoms with Crippen molar-refractivity contribution in [2.24, 2.45) is 0 Å². The number of benzene rings is 2. The summed E-state index contributed by atoms with van der Waals surface area (Å²) in [7, 11) is 0. The smallest absolute Gasteiger partial charge is 0.143 e. The fraction of sp³-hybridized carbons (Fsp3) is 0.217. The molecule has 2 aromatic carbocycles. The van der Waals surface area contributed by atoms with Gasteiger partial charge in [-0.1, -0.05) is 31.2 Å². The molecule has 0 unspecified atom stereocenters. The summed E-state index contributed by atoms with van der Waals surface area (Å²) in [5.41, 5.74) is 3.10. The number of hydrogen-bond acceptors (Lipinski definition) is 6. The van der Waals surface area contributed by atoms with Gasteiger partial charge in [0.05, 0.1) is 24.3 Å². The molecule has 0 bridgehead atoms. The molecule has 6 heteroatoms. The Bertz CT molecular complexity index is 1090. The first-order valence-corrected chi connectivity index (χ1v) is 10.6. The first kappa shape index (κ1) is 19.2. The molecule has 2 heterocycles. The average molecular weight is 406 g/mol. The normalized spacial score (nSPS) is 10.8. The number of aromatic nitrogens is 2. The quantitative estimate of drug-likeness (QED) is 0.373. The molecule has 0 fully saturated rings. The van der Waals surface area contributed by atoms with Crippen molar-refractivity contribution in [1.29, 1.82) is 0 Å². The van der Waals surface area contributed by atoms with Crippen LogP contribution < -0.4 is 14.8 Å². The maximum absolute atomic E-state index is 5.89. The van der Waals surface area contributed by atoms with Crippen molar-refractivity contribution in [3.05, 3.63) is 60.2 Å². The van der Waals surface area contributed by atoms with Gasteiger partial charge in [0.25, 0.3) is 0 Å². The van der Waals surface area contributed by atoms with E-state index in [4.69, 9.17) is 9.47 Å². The summed E-state index contributed by atoms with van der Waals surface area (Å²) < 4.78 is 11.5. The van der Waals surface area contributed by atoms with E-state index in [0.717, 1.165) is 50.8 Å². The molecule has 2 aromatic heterocycles. The van der Waals surface area contributed by atoms with Gasteiger partial charge < -0.3 is 14.8 Å². The number of fused-ring (bicyclic) bond motifs is 1. The molecule has 0 saturated heterocycles. The van der Waals surface area contributed by atoms with E-state index in [0.29, 0.717) is 13.2 Å². The lowest BCUT2D eigenvalue weighted by Gasteiger charge is -2.13. The zero-order valence-electron chi connectivity index (χ0n) is 16.5. The van der Waals surface area contributed by atoms with Gasteiger partial charge in [-0.3, -0.25) is 0 Å². The molecule has 148 valence electrons. The van der Waals surface area contributed by atoms with Gasteiger partial charge in [-0.2, -0.15) is 0 Å². The molecular formula is C23H23N3O2S. The summed E-state index contributed by atoms with van der Waals surface area (Å²) in [6, 6.07) is 16.1. The molecule has 0 aliphatic rings. The largest absolute Gasteiger partial charge is 0.494 e. The number of hydrogen-bond donors (Lipinski definition) is 1. The SMILES string of the molecule is CCCOc1ccccc1Nc1ncnc2scc(-c3ccc(OCC)cc3)c12. The summed E-state index contributed by atoms with van der Waals surface area (Å²) in [4.78, 5) is 9.94. The van der Waals surface area contributed by atoms with Crippen LogP contribution in [0.25, 0.3) is 21.3 Å². The van der Waals surface area contributed by atoms with Crippen LogP contribution in [0.5, 0.6) is 11.5 Å². The fourth-order valence-corrected chi connectivity index (χ4v) is 4.03. The zero-order chi connectivity index (χ0) is 20.1. The van der Waals surface area contributed by atoms with E-state index in [2.05, 4.69) is 39.7 Å². The number of para-hydroxylation sites is 2. The van der Waals surface area contributed by atoms with Crippen LogP contribution in [0.15, 0.2) is 60.2 Å². The van der Waals surface area contributed by atoms with Gasteiger partial charge in [-0.15, -0.1) is 11.3 Å². The molecule has 1 N–H and O–H groups in total. The number of nitrogens with one attached hydrogen (secondary N) is 1. The lowest BCUT2D eigenvalue weighted by atomic mass is 10.1. The van der Waals surface area contributed by atoms with Crippen molar-refractivity contribution >= 4 is 33.1 Å². The summed E-state index contributed by atoms with van der Waals surface area (Å²) in [5, 5.41) is 6.59. The second kappa shape index (κ2) is 8.92. The van der Waals surface area contributed by atoms with Crippen LogP contribution in [0.1, 0.15) is 20.3 Å². The molecule has 0 spiro atoms. The standard InChI is InChI=1S/C23H23N3O2S/c1-3-13-28-20-8-6-5-7-19(20)26-22-21-18(14-29-23(21)25-15-24-22)16-9-11-17(12-10-16)27-4-2/h5-12,14-15H,3-4,13H2,1-2H3,(H,24,25,26). The molecular weight excluding hydrogens is 382 g/mol. The third kappa shape index (κ3) is 4.17. The number of ether oxygens (including phenoxy) is 2. The van der Waals surface area contributed by atoms with E-state index in [1.807, 2.05) is 43.3 Å². The number of rotatable bonds is 8. The van der Waals surface area contributed by atoms with Crippen LogP contribution >= 0.6 is 11.3 Å². The fourth-order valence-electron chi connectivity index (χ4n) is 3.12. The van der Waals surface area contributed by atoms with Gasteiger partial charge in [0.15, 0.2) is 0 Å². The Hall–Kier alpha value is -3.12. The van der Waals surface area contributed by atoms with Crippen molar-refractivity contribution in [2.75, 3.05) is 18.5 Å². The Morgan fingerprint density at radius 2 is 1.79 bits per heavy atom. The number of nitrogens with zero attached hydrogens (tertiary/aromatic N) is 2. The predicted octanol–water partition coefficient (Wildman–Crippen LogP) is 6.29. The van der Waals surface area contributed by atoms with Crippen molar-refractivity contribution in [1.82, 2.24) is 9.97 Å². The first-order chi connectivity index (χ1) is 14.3. The van der Waals surface area contributed by atoms with E-state index < -0.39 is 0 Å². The Balaban J connectivity index is 1.72. The average Bonchev–Trinajstić information content (AvgIpc) is 3.19. The summed E-state index contributed by atoms with van der Waals surface area (Å²) in [5.74, 6) is 2.46. The molecule has 0 amide bonds. The molecule has 5 nitrogen and oxygen atoms in total. The van der Waals surface area contributed by atoms with E-state index in [1.165, 1.54) is 0 Å². The van der Waals surface area contributed by atoms with Crippen LogP contribution in [0.3, 0.4) is 0 Å². The third-order valence-corrected chi connectivity index (χ3v) is 5.33. The highest BCUT2D eigenvalue weighted by molar-refractivity contribution is 7.17. The van der Waals surface area contributed by atoms with Gasteiger partial charge in [0.2, 0.25) is 0 Å². The summed E-state index contributed by atoms with van der Waals surface area (Å²) in [6.07, 6.45) is 2.55. The summed E-state index contributed by atoms with van der Waals surface area (Å²) >= 11 is 1.61. The minimum Gasteiger partial charge on any atom is -0.494 e. The van der Waals surface area contributed by atoms with Crippen molar-refractivity contribution < 1.29 is 9.47 Å². The van der Waals surface area contributed by atoms with Gasteiger partial charge in [0, 0.05) is 10.9 Å². The highest BCUT2D eigenvalue weighted by Crippen LogP contribution is 2.39. The van der Waals surface area contributed by atoms with Crippen LogP contribution in [-0.2, 0) is 0 Å². The van der Waals surface area contributed by atoms with Gasteiger partial charge in [0.1, 0.15) is 28.5 Å². The minimum atomic E-state index is 0.655. The second-order valence-corrected chi connectivity index (χ2v) is 7.34. The Labute approximate surface area is 174 Å². The molecule has 0 aliphatic heterocycles. The van der Waals surface area contributed by atoms with Crippen LogP contribution in [0.2, 0.25) is 0 Å². The highest BCUT2D eigenvalue weighted by Gasteiger charge is 2.15. The number of thiophene rings is 1. The maximum atomic E-state index is 5.89. The van der Waals surface area contributed by atoms with E-state index in [9.17, 15) is 0 Å². The Morgan fingerprint density at radius 3 is 2.59 bits per heavy atom. The van der Waals surface area contributed by atoms with E-state index in [-0.39, 0.29) is 0 Å². The van der Waals surface area contributed by atoms with Crippen molar-refractivity contribution in [2.45, 2.75) is 20.3 Å². The zero-order valence-corrected chi connectivity index (χ0v) is 17.3. The van der Waals surface area contributed by atoms with Gasteiger partial charge in [-0.05, 0) is 43.2 Å². The predicted molar refractivity (Wildman–Crippen MR) is 120 cm³/mol. The summed E-state index contributed by atoms with van der Waals surface area (Å²) in [6.45, 7) is 5.41. The second-order valence-electron chi connectivity index (χ2n) is 6.48. The molecule has 29 heavy (non-hydrogen) atoms. The monoisotopic (exact) mass is 405 g/mol. The van der Waals surface area contributed by atoms with Crippen LogP contribution in [0, 0.1) is 0 Å². The van der Waals surface area contributed by atoms with Crippen molar-refractivity contribution in [3.8, 4) is 22.6 Å². The lowest BCUT2D eigenvalue weighted by Crippen LogP contribution is -2.01. The molecule has 0 radical (unpaired) electrons. The highest BCUT2D eigenvalue weighted by atomic mass is 32.1. The van der Waals surface area contributed by atoms with Gasteiger partial charge in [-0.25, -0.2) is 9.97 Å². The van der Waals surface area contributed by atoms with Crippen LogP contribution in [0.4, 0.5) is 11.5 Å². The molecule has 0 aliphatic carbocycles. The van der Waals surface area contributed by atoms with Gasteiger partial charge >= 0.3 is 0 Å². The van der Waals surface area contributed by atoms with Crippen molar-refractivity contribution in [3.63, 3.8) is 0 Å². The topological polar surface area (TPSA) is 56.3 Å². The third-order valence-electron chi connectivity index (χ3n) is 4.45. The molecule has 4 rings (SSSR count). The Morgan fingerprint density at radius 1 is 0.966 bits per heavy atom. The minimum absolute atomic E-state index is 0.655. The van der Waals surface area contributed by atoms with E-state index >= 15 is 0 Å². The van der Waals surface area contributed by atoms with E-state index in [1.54, 1.807) is 17.7 Å². The first-order valence-electron chi connectivity index (χ1n) is 9.74. The molecule has 0 saturated carbocycles. The molecule has 0 atom stereocenters. The van der Waals surface area contributed by atoms with Crippen LogP contribution in [-0.4, -0.2) is 23.2 Å². The Kier molecular flexibility index (Phi) is 5.91. The maximum Gasteiger partial charge on any atom is 0.143 e. The lowest BCUT2D eigenvalue weighted by molar-refractivity contribution is 0.319. The number of anilines is 2. The molecule has 4 aromatic rings.